The molecule has 8 rings (SSSR count). The number of H-pyrrole nitrogens is 1. The van der Waals surface area contributed by atoms with Crippen LogP contribution in [-0.4, -0.2) is 48.8 Å². The summed E-state index contributed by atoms with van der Waals surface area (Å²) in [7, 11) is 32.4. The molecule has 0 unspecified atom stereocenters. The summed E-state index contributed by atoms with van der Waals surface area (Å²) >= 11 is 0. The Kier molecular flexibility index (Phi) is 5.81. The summed E-state index contributed by atoms with van der Waals surface area (Å²) in [5.41, 5.74) is 9.75. The van der Waals surface area contributed by atoms with E-state index in [4.69, 9.17) is 39.2 Å². The van der Waals surface area contributed by atoms with Crippen LogP contribution in [-0.2, 0) is 0 Å². The molecule has 0 amide bonds. The van der Waals surface area contributed by atoms with Gasteiger partial charge in [0.25, 0.3) is 0 Å². The highest BCUT2D eigenvalue weighted by Crippen LogP contribution is 2.43. The van der Waals surface area contributed by atoms with Gasteiger partial charge in [-0.2, -0.15) is 0 Å². The number of fused-ring (bicyclic) bond motifs is 7. The third-order valence-corrected chi connectivity index (χ3v) is 8.63. The third-order valence-electron chi connectivity index (χ3n) is 8.63. The lowest BCUT2D eigenvalue weighted by molar-refractivity contribution is 1.19. The summed E-state index contributed by atoms with van der Waals surface area (Å²) in [6, 6.07) is 37.7. The Balaban J connectivity index is 1.63. The zero-order chi connectivity index (χ0) is 29.4. The molecule has 0 aliphatic heterocycles. The second kappa shape index (κ2) is 9.64. The first-order valence-electron chi connectivity index (χ1n) is 14.1. The van der Waals surface area contributed by atoms with Crippen molar-refractivity contribution in [3.05, 3.63) is 109 Å². The Morgan fingerprint density at radius 3 is 1.84 bits per heavy atom. The van der Waals surface area contributed by atoms with Crippen LogP contribution in [0.5, 0.6) is 0 Å². The Morgan fingerprint density at radius 2 is 1.07 bits per heavy atom. The van der Waals surface area contributed by atoms with Gasteiger partial charge in [-0.25, -0.2) is 0 Å². The number of para-hydroxylation sites is 3. The molecule has 0 saturated heterocycles. The number of aromatic amines is 1. The van der Waals surface area contributed by atoms with E-state index in [9.17, 15) is 0 Å². The lowest BCUT2D eigenvalue weighted by Gasteiger charge is -2.25. The number of nitrogens with zero attached hydrogens (tertiary/aromatic N) is 1. The van der Waals surface area contributed by atoms with Crippen molar-refractivity contribution in [1.29, 1.82) is 0 Å². The zero-order valence-electron chi connectivity index (χ0n) is 23.2. The van der Waals surface area contributed by atoms with E-state index in [1.54, 1.807) is 0 Å². The third kappa shape index (κ3) is 3.67. The molecule has 0 atom stereocenters. The second-order valence-electron chi connectivity index (χ2n) is 10.9. The summed E-state index contributed by atoms with van der Waals surface area (Å²) in [5.74, 6) is 0. The smallest absolute Gasteiger partial charge is 0.113 e. The topological polar surface area (TPSA) is 20.7 Å². The fourth-order valence-electron chi connectivity index (χ4n) is 6.58. The molecular formula is C36H19B5N2. The molecule has 0 aliphatic carbocycles. The van der Waals surface area contributed by atoms with E-state index in [1.807, 2.05) is 30.3 Å². The second-order valence-corrected chi connectivity index (χ2v) is 10.9. The molecule has 0 spiro atoms. The first-order valence-corrected chi connectivity index (χ1v) is 14.1. The molecule has 2 nitrogen and oxygen atoms in total. The molecule has 43 heavy (non-hydrogen) atoms. The van der Waals surface area contributed by atoms with Crippen molar-refractivity contribution in [3.63, 3.8) is 0 Å². The monoisotopic (exact) mass is 534 g/mol. The number of hydrogen-bond acceptors (Lipinski definition) is 0. The molecule has 6 aromatic carbocycles. The predicted octanol–water partition coefficient (Wildman–Crippen LogP) is 3.72. The average molecular weight is 534 g/mol. The highest BCUT2D eigenvalue weighted by Gasteiger charge is 2.24. The van der Waals surface area contributed by atoms with Crippen LogP contribution in [0.1, 0.15) is 0 Å². The fourth-order valence-corrected chi connectivity index (χ4v) is 6.58. The maximum Gasteiger partial charge on any atom is 0.113 e. The van der Waals surface area contributed by atoms with Crippen LogP contribution in [0.3, 0.4) is 0 Å². The van der Waals surface area contributed by atoms with E-state index in [0.717, 1.165) is 60.6 Å². The number of aromatic nitrogens is 2. The van der Waals surface area contributed by atoms with Crippen LogP contribution >= 0.6 is 0 Å². The number of nitrogens with one attached hydrogen (secondary N) is 1. The Labute approximate surface area is 256 Å². The van der Waals surface area contributed by atoms with Crippen molar-refractivity contribution in [3.8, 4) is 27.9 Å². The van der Waals surface area contributed by atoms with Gasteiger partial charge in [0.15, 0.2) is 0 Å². The lowest BCUT2D eigenvalue weighted by Crippen LogP contribution is -2.55. The minimum atomic E-state index is 0.191. The molecule has 2 aromatic heterocycles. The molecule has 0 aliphatic rings. The molecule has 2 heterocycles. The van der Waals surface area contributed by atoms with Crippen molar-refractivity contribution in [1.82, 2.24) is 9.55 Å². The van der Waals surface area contributed by atoms with Crippen molar-refractivity contribution in [2.45, 2.75) is 0 Å². The molecular weight excluding hydrogens is 514 g/mol. The molecule has 188 valence electrons. The Hall–Kier alpha value is -4.76. The molecule has 7 heteroatoms. The summed E-state index contributed by atoms with van der Waals surface area (Å²) in [5, 5.41) is 4.57. The van der Waals surface area contributed by atoms with Gasteiger partial charge >= 0.3 is 0 Å². The van der Waals surface area contributed by atoms with Gasteiger partial charge in [-0.05, 0) is 23.3 Å². The largest absolute Gasteiger partial charge is 0.353 e. The molecule has 0 bridgehead atoms. The first-order chi connectivity index (χ1) is 21.0. The van der Waals surface area contributed by atoms with Crippen molar-refractivity contribution in [2.75, 3.05) is 0 Å². The summed E-state index contributed by atoms with van der Waals surface area (Å²) in [6.07, 6.45) is 0. The van der Waals surface area contributed by atoms with Crippen LogP contribution < -0.4 is 27.3 Å². The van der Waals surface area contributed by atoms with Gasteiger partial charge < -0.3 is 9.55 Å². The zero-order valence-corrected chi connectivity index (χ0v) is 23.2. The maximum absolute atomic E-state index is 6.71. The lowest BCUT2D eigenvalue weighted by atomic mass is 9.59. The van der Waals surface area contributed by atoms with Crippen molar-refractivity contribution >= 4 is 110 Å². The van der Waals surface area contributed by atoms with Gasteiger partial charge in [-0.1, -0.05) is 108 Å². The van der Waals surface area contributed by atoms with Crippen LogP contribution in [0.4, 0.5) is 0 Å². The number of hydrogen-bond donors (Lipinski definition) is 1. The normalized spacial score (nSPS) is 11.7. The van der Waals surface area contributed by atoms with E-state index in [2.05, 4.69) is 88.4 Å². The molecule has 1 N–H and O–H groups in total. The van der Waals surface area contributed by atoms with Gasteiger partial charge in [0.2, 0.25) is 0 Å². The fraction of sp³-hybridized carbons (Fsp3) is 0. The van der Waals surface area contributed by atoms with E-state index >= 15 is 0 Å². The Morgan fingerprint density at radius 1 is 0.465 bits per heavy atom. The highest BCUT2D eigenvalue weighted by molar-refractivity contribution is 6.68. The van der Waals surface area contributed by atoms with Crippen LogP contribution in [0.25, 0.3) is 71.6 Å². The highest BCUT2D eigenvalue weighted by atomic mass is 15.0. The summed E-state index contributed by atoms with van der Waals surface area (Å²) in [6.45, 7) is 0. The summed E-state index contributed by atoms with van der Waals surface area (Å²) in [4.78, 5) is 3.73. The molecule has 10 radical (unpaired) electrons. The van der Waals surface area contributed by atoms with Gasteiger partial charge in [-0.15, -0.1) is 16.4 Å². The predicted molar refractivity (Wildman–Crippen MR) is 188 cm³/mol. The average Bonchev–Trinajstić information content (AvgIpc) is 3.59. The molecule has 0 saturated carbocycles. The maximum atomic E-state index is 6.71. The van der Waals surface area contributed by atoms with Gasteiger partial charge in [0.1, 0.15) is 39.2 Å². The van der Waals surface area contributed by atoms with E-state index < -0.39 is 0 Å². The van der Waals surface area contributed by atoms with Crippen molar-refractivity contribution in [2.24, 2.45) is 0 Å². The van der Waals surface area contributed by atoms with Crippen LogP contribution in [0.15, 0.2) is 109 Å². The van der Waals surface area contributed by atoms with Crippen LogP contribution in [0.2, 0.25) is 0 Å². The minimum Gasteiger partial charge on any atom is -0.353 e. The number of rotatable bonds is 3. The van der Waals surface area contributed by atoms with E-state index in [0.29, 0.717) is 16.5 Å². The SMILES string of the molecule is [B]c1c([B])c([B])c(-c2cccc(-c3ccccc3)c2-n2c3ccccc3c3ccc4c5ccccc5[nH]c4c32)c([B])c1[B]. The molecule has 8 aromatic rings. The van der Waals surface area contributed by atoms with Gasteiger partial charge in [0, 0.05) is 38.2 Å². The quantitative estimate of drug-likeness (QED) is 0.335. The van der Waals surface area contributed by atoms with E-state index in [-0.39, 0.29) is 16.4 Å². The minimum absolute atomic E-state index is 0.191. The van der Waals surface area contributed by atoms with E-state index in [1.165, 1.54) is 5.39 Å². The van der Waals surface area contributed by atoms with Gasteiger partial charge in [0.05, 0.1) is 22.2 Å². The first kappa shape index (κ1) is 25.9. The van der Waals surface area contributed by atoms with Crippen LogP contribution in [0, 0.1) is 0 Å². The Bertz CT molecular complexity index is 2370. The van der Waals surface area contributed by atoms with Crippen molar-refractivity contribution < 1.29 is 0 Å². The van der Waals surface area contributed by atoms with Gasteiger partial charge in [-0.3, -0.25) is 0 Å². The number of benzene rings is 6. The standard InChI is InChI=1S/C36H19B5N2/c37-29-28(30(38)32(40)33(41)31(29)39)25-14-8-13-20(19-9-2-1-3-10-19)35(25)43-27-16-7-5-12-22(27)24-18-17-23-21-11-4-6-15-26(21)42-34(23)36(24)43/h1-18,42H. The summed E-state index contributed by atoms with van der Waals surface area (Å²) < 4.78 is 2.32. The molecule has 0 fully saturated rings.